The van der Waals surface area contributed by atoms with Crippen LogP contribution in [0.4, 0.5) is 18.0 Å². The third-order valence-corrected chi connectivity index (χ3v) is 6.37. The van der Waals surface area contributed by atoms with E-state index in [0.717, 1.165) is 16.7 Å². The van der Waals surface area contributed by atoms with Crippen molar-refractivity contribution in [1.82, 2.24) is 10.2 Å². The van der Waals surface area contributed by atoms with Gasteiger partial charge in [-0.05, 0) is 47.4 Å². The molecule has 184 valence electrons. The molecule has 1 aliphatic rings. The molecule has 0 saturated carbocycles. The number of amides is 1. The van der Waals surface area contributed by atoms with E-state index in [-0.39, 0.29) is 37.3 Å². The van der Waals surface area contributed by atoms with Crippen molar-refractivity contribution in [2.45, 2.75) is 31.3 Å². The Hall–Kier alpha value is -3.23. The topological polar surface area (TPSA) is 64.6 Å². The minimum absolute atomic E-state index is 0.103. The predicted molar refractivity (Wildman–Crippen MR) is 125 cm³/mol. The molecule has 3 aromatic carbocycles. The van der Waals surface area contributed by atoms with Gasteiger partial charge in [0.05, 0.1) is 0 Å². The van der Waals surface area contributed by atoms with Crippen LogP contribution in [0.15, 0.2) is 72.8 Å². The third-order valence-electron chi connectivity index (χ3n) is 6.12. The van der Waals surface area contributed by atoms with Crippen LogP contribution < -0.4 is 15.2 Å². The second-order valence-corrected chi connectivity index (χ2v) is 8.82. The number of alkyl halides is 3. The number of halogens is 4. The van der Waals surface area contributed by atoms with Gasteiger partial charge in [-0.3, -0.25) is 0 Å². The van der Waals surface area contributed by atoms with Crippen LogP contribution in [0, 0.1) is 0 Å². The lowest BCUT2D eigenvalue weighted by Crippen LogP contribution is -2.53. The molecule has 1 N–H and O–H groups in total. The fourth-order valence-corrected chi connectivity index (χ4v) is 4.53. The smallest absolute Gasteiger partial charge is 0.530 e. The summed E-state index contributed by atoms with van der Waals surface area (Å²) in [6, 6.07) is 20.8. The van der Waals surface area contributed by atoms with E-state index in [4.69, 9.17) is 11.6 Å². The molecule has 5 nitrogen and oxygen atoms in total. The van der Waals surface area contributed by atoms with Crippen LogP contribution >= 0.6 is 11.6 Å². The molecule has 0 spiro atoms. The average molecular weight is 504 g/mol. The minimum Gasteiger partial charge on any atom is -0.530 e. The van der Waals surface area contributed by atoms with Gasteiger partial charge in [-0.15, -0.1) is 13.2 Å². The number of carbonyl (C=O) groups excluding carboxylic acids is 1. The number of carboxylic acid groups (broad SMARTS) is 1. The third kappa shape index (κ3) is 6.46. The molecule has 1 heterocycles. The predicted octanol–water partition coefficient (Wildman–Crippen LogP) is 5.20. The summed E-state index contributed by atoms with van der Waals surface area (Å²) in [5, 5.41) is 15.4. The Labute approximate surface area is 206 Å². The molecule has 2 atom stereocenters. The quantitative estimate of drug-likeness (QED) is 0.502. The van der Waals surface area contributed by atoms with E-state index >= 15 is 0 Å². The summed E-state index contributed by atoms with van der Waals surface area (Å²) in [6.07, 6.45) is -5.58. The van der Waals surface area contributed by atoms with Gasteiger partial charge in [-0.2, -0.15) is 0 Å². The molecule has 35 heavy (non-hydrogen) atoms. The van der Waals surface area contributed by atoms with Gasteiger partial charge in [0.1, 0.15) is 11.8 Å². The van der Waals surface area contributed by atoms with Gasteiger partial charge in [-0.1, -0.05) is 60.1 Å². The zero-order valence-electron chi connectivity index (χ0n) is 18.6. The van der Waals surface area contributed by atoms with Crippen molar-refractivity contribution in [3.8, 4) is 16.9 Å². The number of nitrogens with zero attached hydrogens (tertiary/aromatic N) is 1. The van der Waals surface area contributed by atoms with Crippen LogP contribution in [0.5, 0.6) is 5.75 Å². The highest BCUT2D eigenvalue weighted by Gasteiger charge is 2.33. The second-order valence-electron chi connectivity index (χ2n) is 8.38. The van der Waals surface area contributed by atoms with E-state index in [1.165, 1.54) is 11.0 Å². The maximum absolute atomic E-state index is 13.1. The first kappa shape index (κ1) is 24.9. The lowest BCUT2D eigenvalue weighted by atomic mass is 9.86. The molecule has 1 fully saturated rings. The Morgan fingerprint density at radius 1 is 1.06 bits per heavy atom. The van der Waals surface area contributed by atoms with E-state index < -0.39 is 12.5 Å². The minimum atomic E-state index is -4.83. The largest absolute Gasteiger partial charge is 0.573 e. The summed E-state index contributed by atoms with van der Waals surface area (Å²) in [7, 11) is 0. The Bertz CT molecular complexity index is 1160. The van der Waals surface area contributed by atoms with E-state index in [9.17, 15) is 23.1 Å². The molecule has 0 aliphatic carbocycles. The summed E-state index contributed by atoms with van der Waals surface area (Å²) >= 11 is 5.96. The molecule has 1 saturated heterocycles. The maximum atomic E-state index is 13.1. The summed E-state index contributed by atoms with van der Waals surface area (Å²) in [5.74, 6) is -0.472. The van der Waals surface area contributed by atoms with Crippen LogP contribution in [-0.4, -0.2) is 36.5 Å². The van der Waals surface area contributed by atoms with Gasteiger partial charge in [0.2, 0.25) is 0 Å². The highest BCUT2D eigenvalue weighted by atomic mass is 35.5. The van der Waals surface area contributed by atoms with Crippen LogP contribution in [0.25, 0.3) is 11.1 Å². The van der Waals surface area contributed by atoms with Gasteiger partial charge in [0.25, 0.3) is 0 Å². The number of likely N-dealkylation sites (tertiary alicyclic amines) is 1. The van der Waals surface area contributed by atoms with E-state index in [2.05, 4.69) is 10.1 Å². The standard InChI is InChI=1S/C26H24ClF3N2O3/c27-21-9-6-17(7-10-21)19-8-11-24(35-26(28,29)30)20(14-19)15-31-23-12-13-32(25(33)34)16-22(23)18-4-2-1-3-5-18/h1-11,14,22-23,31H,12-13,15-16H2,(H,33,34)/p-1/t22-,23-/m0/s1. The number of nitrogens with one attached hydrogen (secondary N) is 1. The molecule has 3 aromatic rings. The molecule has 0 aromatic heterocycles. The molecule has 0 radical (unpaired) electrons. The number of hydrogen-bond donors (Lipinski definition) is 1. The summed E-state index contributed by atoms with van der Waals surface area (Å²) in [6.45, 7) is 0.618. The number of rotatable bonds is 6. The number of hydrogen-bond acceptors (Lipinski definition) is 4. The van der Waals surface area contributed by atoms with Crippen LogP contribution in [0.1, 0.15) is 23.5 Å². The fraction of sp³-hybridized carbons (Fsp3) is 0.269. The Kier molecular flexibility index (Phi) is 7.52. The van der Waals surface area contributed by atoms with Gasteiger partial charge in [-0.25, -0.2) is 0 Å². The average Bonchev–Trinajstić information content (AvgIpc) is 2.83. The highest BCUT2D eigenvalue weighted by molar-refractivity contribution is 6.30. The summed E-state index contributed by atoms with van der Waals surface area (Å²) in [4.78, 5) is 12.7. The molecular formula is C26H23ClF3N2O3-. The number of piperidine rings is 1. The summed E-state index contributed by atoms with van der Waals surface area (Å²) in [5.41, 5.74) is 2.81. The van der Waals surface area contributed by atoms with Crippen LogP contribution in [-0.2, 0) is 6.54 Å². The lowest BCUT2D eigenvalue weighted by Gasteiger charge is -2.40. The number of carbonyl (C=O) groups is 1. The van der Waals surface area contributed by atoms with Crippen molar-refractivity contribution in [3.05, 3.63) is 88.9 Å². The monoisotopic (exact) mass is 503 g/mol. The SMILES string of the molecule is O=C([O-])N1CC[C@H](NCc2cc(-c3ccc(Cl)cc3)ccc2OC(F)(F)F)[C@H](c2ccccc2)C1. The lowest BCUT2D eigenvalue weighted by molar-refractivity contribution is -0.275. The first-order valence-corrected chi connectivity index (χ1v) is 11.5. The molecular weight excluding hydrogens is 481 g/mol. The van der Waals surface area contributed by atoms with Crippen molar-refractivity contribution < 1.29 is 27.8 Å². The first-order valence-electron chi connectivity index (χ1n) is 11.1. The zero-order valence-corrected chi connectivity index (χ0v) is 19.4. The van der Waals surface area contributed by atoms with Gasteiger partial charge in [0, 0.05) is 42.2 Å². The van der Waals surface area contributed by atoms with Crippen molar-refractivity contribution in [2.75, 3.05) is 13.1 Å². The first-order chi connectivity index (χ1) is 16.7. The Morgan fingerprint density at radius 2 is 1.74 bits per heavy atom. The number of benzene rings is 3. The van der Waals surface area contributed by atoms with E-state index in [1.807, 2.05) is 30.3 Å². The Balaban J connectivity index is 1.60. The van der Waals surface area contributed by atoms with Crippen molar-refractivity contribution >= 4 is 17.7 Å². The van der Waals surface area contributed by atoms with Gasteiger partial charge >= 0.3 is 6.36 Å². The molecule has 9 heteroatoms. The molecule has 0 unspecified atom stereocenters. The van der Waals surface area contributed by atoms with Crippen LogP contribution in [0.3, 0.4) is 0 Å². The molecule has 4 rings (SSSR count). The van der Waals surface area contributed by atoms with Gasteiger partial charge < -0.3 is 24.9 Å². The fourth-order valence-electron chi connectivity index (χ4n) is 4.40. The van der Waals surface area contributed by atoms with Crippen molar-refractivity contribution in [3.63, 3.8) is 0 Å². The zero-order chi connectivity index (χ0) is 25.0. The normalized spacial score (nSPS) is 18.3. The Morgan fingerprint density at radius 3 is 2.40 bits per heavy atom. The maximum Gasteiger partial charge on any atom is 0.573 e. The van der Waals surface area contributed by atoms with E-state index in [1.54, 1.807) is 36.4 Å². The van der Waals surface area contributed by atoms with Crippen molar-refractivity contribution in [1.29, 1.82) is 0 Å². The van der Waals surface area contributed by atoms with Crippen LogP contribution in [0.2, 0.25) is 5.02 Å². The van der Waals surface area contributed by atoms with E-state index in [0.29, 0.717) is 17.0 Å². The summed E-state index contributed by atoms with van der Waals surface area (Å²) < 4.78 is 43.5. The number of ether oxygens (including phenoxy) is 1. The van der Waals surface area contributed by atoms with Crippen molar-refractivity contribution in [2.24, 2.45) is 0 Å². The molecule has 0 bridgehead atoms. The molecule has 1 amide bonds. The molecule has 1 aliphatic heterocycles. The highest BCUT2D eigenvalue weighted by Crippen LogP contribution is 2.33. The second kappa shape index (κ2) is 10.6. The van der Waals surface area contributed by atoms with Gasteiger partial charge in [0.15, 0.2) is 0 Å².